The van der Waals surface area contributed by atoms with Crippen molar-refractivity contribution in [3.8, 4) is 16.9 Å². The van der Waals surface area contributed by atoms with Crippen LogP contribution in [0.2, 0.25) is 0 Å². The Bertz CT molecular complexity index is 925. The molecule has 0 saturated carbocycles. The number of rotatable bonds is 9. The van der Waals surface area contributed by atoms with E-state index in [-0.39, 0.29) is 12.0 Å². The maximum Gasteiger partial charge on any atom is 0.224 e. The summed E-state index contributed by atoms with van der Waals surface area (Å²) in [6.07, 6.45) is 4.46. The van der Waals surface area contributed by atoms with Crippen LogP contribution in [-0.2, 0) is 17.6 Å². The van der Waals surface area contributed by atoms with E-state index in [9.17, 15) is 9.90 Å². The number of carbonyl (C=O) groups is 1. The van der Waals surface area contributed by atoms with E-state index >= 15 is 0 Å². The summed E-state index contributed by atoms with van der Waals surface area (Å²) < 4.78 is 5.92. The predicted molar refractivity (Wildman–Crippen MR) is 118 cm³/mol. The van der Waals surface area contributed by atoms with Gasteiger partial charge in [-0.3, -0.25) is 9.78 Å². The van der Waals surface area contributed by atoms with Crippen molar-refractivity contribution in [1.29, 1.82) is 0 Å². The highest BCUT2D eigenvalue weighted by atomic mass is 16.5. The van der Waals surface area contributed by atoms with Gasteiger partial charge >= 0.3 is 0 Å². The van der Waals surface area contributed by atoms with Gasteiger partial charge in [0.1, 0.15) is 11.9 Å². The number of likely N-dealkylation sites (N-methyl/N-ethyl adjacent to an activating group) is 1. The van der Waals surface area contributed by atoms with Gasteiger partial charge in [-0.1, -0.05) is 42.5 Å². The van der Waals surface area contributed by atoms with Crippen LogP contribution in [0.4, 0.5) is 0 Å². The molecule has 1 amide bonds. The number of benzene rings is 2. The van der Waals surface area contributed by atoms with Gasteiger partial charge in [0.2, 0.25) is 5.91 Å². The lowest BCUT2D eigenvalue weighted by molar-refractivity contribution is -0.119. The Labute approximate surface area is 177 Å². The lowest BCUT2D eigenvalue weighted by Gasteiger charge is -2.20. The summed E-state index contributed by atoms with van der Waals surface area (Å²) in [4.78, 5) is 15.6. The zero-order valence-corrected chi connectivity index (χ0v) is 17.4. The summed E-state index contributed by atoms with van der Waals surface area (Å²) in [6, 6.07) is 19.7. The molecule has 2 atom stereocenters. The average Bonchev–Trinajstić information content (AvgIpc) is 2.79. The largest absolute Gasteiger partial charge is 0.488 e. The molecule has 2 aromatic carbocycles. The van der Waals surface area contributed by atoms with Crippen LogP contribution < -0.4 is 10.1 Å². The number of ether oxygens (including phenoxy) is 1. The molecule has 0 bridgehead atoms. The maximum atomic E-state index is 11.5. The number of nitrogens with one attached hydrogen (secondary N) is 1. The number of aliphatic hydroxyl groups excluding tert-OH is 1. The van der Waals surface area contributed by atoms with Crippen molar-refractivity contribution in [2.24, 2.45) is 0 Å². The molecule has 5 nitrogen and oxygen atoms in total. The highest BCUT2D eigenvalue weighted by molar-refractivity contribution is 5.78. The van der Waals surface area contributed by atoms with E-state index in [4.69, 9.17) is 4.74 Å². The maximum absolute atomic E-state index is 11.5. The second-order valence-electron chi connectivity index (χ2n) is 7.36. The topological polar surface area (TPSA) is 71.5 Å². The first-order valence-corrected chi connectivity index (χ1v) is 10.2. The number of carbonyl (C=O) groups excluding carboxylic acids is 1. The summed E-state index contributed by atoms with van der Waals surface area (Å²) in [5, 5.41) is 13.0. The molecule has 3 aromatic rings. The average molecular weight is 405 g/mol. The van der Waals surface area contributed by atoms with E-state index in [2.05, 4.69) is 10.3 Å². The van der Waals surface area contributed by atoms with Gasteiger partial charge in [-0.2, -0.15) is 0 Å². The molecule has 0 aliphatic rings. The van der Waals surface area contributed by atoms with E-state index in [1.54, 1.807) is 13.2 Å². The van der Waals surface area contributed by atoms with Gasteiger partial charge in [-0.25, -0.2) is 0 Å². The fourth-order valence-electron chi connectivity index (χ4n) is 3.20. The number of hydrogen-bond acceptors (Lipinski definition) is 4. The van der Waals surface area contributed by atoms with Crippen molar-refractivity contribution in [3.05, 3.63) is 84.2 Å². The molecule has 0 fully saturated rings. The van der Waals surface area contributed by atoms with E-state index in [0.29, 0.717) is 12.8 Å². The van der Waals surface area contributed by atoms with Crippen LogP contribution in [0.3, 0.4) is 0 Å². The van der Waals surface area contributed by atoms with Crippen LogP contribution in [0.5, 0.6) is 5.75 Å². The molecule has 0 radical (unpaired) electrons. The standard InChI is InChI=1S/C25H28N2O3/c1-18(24(28)14-7-20-4-3-15-27-17-20)30-23-12-10-22(11-13-23)21-8-5-19(6-9-21)16-25(29)26-2/h3-6,8-13,15,17-18,24,28H,7,14,16H2,1-2H3,(H,26,29). The van der Waals surface area contributed by atoms with Crippen molar-refractivity contribution >= 4 is 5.91 Å². The monoisotopic (exact) mass is 404 g/mol. The molecular formula is C25H28N2O3. The van der Waals surface area contributed by atoms with Gasteiger partial charge < -0.3 is 15.2 Å². The number of aryl methyl sites for hydroxylation is 1. The summed E-state index contributed by atoms with van der Waals surface area (Å²) in [7, 11) is 1.64. The molecule has 30 heavy (non-hydrogen) atoms. The number of amides is 1. The fraction of sp³-hybridized carbons (Fsp3) is 0.280. The molecule has 5 heteroatoms. The lowest BCUT2D eigenvalue weighted by atomic mass is 10.0. The fourth-order valence-corrected chi connectivity index (χ4v) is 3.20. The molecule has 2 unspecified atom stereocenters. The first-order chi connectivity index (χ1) is 14.5. The Hall–Kier alpha value is -3.18. The van der Waals surface area contributed by atoms with Gasteiger partial charge in [0.25, 0.3) is 0 Å². The second-order valence-corrected chi connectivity index (χ2v) is 7.36. The summed E-state index contributed by atoms with van der Waals surface area (Å²) in [6.45, 7) is 1.88. The molecule has 3 rings (SSSR count). The molecule has 1 heterocycles. The van der Waals surface area contributed by atoms with Gasteiger partial charge in [0.15, 0.2) is 0 Å². The van der Waals surface area contributed by atoms with E-state index < -0.39 is 6.10 Å². The van der Waals surface area contributed by atoms with E-state index in [1.807, 2.05) is 73.8 Å². The molecule has 156 valence electrons. The zero-order chi connectivity index (χ0) is 21.3. The van der Waals surface area contributed by atoms with Crippen molar-refractivity contribution in [2.75, 3.05) is 7.05 Å². The highest BCUT2D eigenvalue weighted by Gasteiger charge is 2.16. The Morgan fingerprint density at radius 1 is 1.03 bits per heavy atom. The third kappa shape index (κ3) is 6.16. The molecule has 0 aliphatic heterocycles. The minimum absolute atomic E-state index is 0.000921. The first kappa shape index (κ1) is 21.5. The molecule has 2 N–H and O–H groups in total. The summed E-state index contributed by atoms with van der Waals surface area (Å²) in [5.74, 6) is 0.726. The van der Waals surface area contributed by atoms with Gasteiger partial charge in [0.05, 0.1) is 12.5 Å². The summed E-state index contributed by atoms with van der Waals surface area (Å²) >= 11 is 0. The van der Waals surface area contributed by atoms with Crippen molar-refractivity contribution in [3.63, 3.8) is 0 Å². The minimum Gasteiger partial charge on any atom is -0.488 e. The second kappa shape index (κ2) is 10.6. The third-order valence-electron chi connectivity index (χ3n) is 5.10. The number of aliphatic hydroxyl groups is 1. The number of pyridine rings is 1. The van der Waals surface area contributed by atoms with Crippen LogP contribution in [0.1, 0.15) is 24.5 Å². The normalized spacial score (nSPS) is 12.8. The molecule has 0 spiro atoms. The Morgan fingerprint density at radius 3 is 2.30 bits per heavy atom. The van der Waals surface area contributed by atoms with Gasteiger partial charge in [-0.15, -0.1) is 0 Å². The quantitative estimate of drug-likeness (QED) is 0.569. The predicted octanol–water partition coefficient (Wildman–Crippen LogP) is 3.80. The Kier molecular flexibility index (Phi) is 7.57. The number of hydrogen-bond donors (Lipinski definition) is 2. The van der Waals surface area contributed by atoms with Crippen LogP contribution in [0.25, 0.3) is 11.1 Å². The van der Waals surface area contributed by atoms with Gasteiger partial charge in [0, 0.05) is 19.4 Å². The third-order valence-corrected chi connectivity index (χ3v) is 5.10. The summed E-state index contributed by atoms with van der Waals surface area (Å²) in [5.41, 5.74) is 4.23. The SMILES string of the molecule is CNC(=O)Cc1ccc(-c2ccc(OC(C)C(O)CCc3cccnc3)cc2)cc1. The molecule has 0 aliphatic carbocycles. The molecule has 0 saturated heterocycles. The smallest absolute Gasteiger partial charge is 0.224 e. The molecule has 1 aromatic heterocycles. The van der Waals surface area contributed by atoms with Crippen LogP contribution in [-0.4, -0.2) is 35.3 Å². The Morgan fingerprint density at radius 2 is 1.70 bits per heavy atom. The van der Waals surface area contributed by atoms with Crippen molar-refractivity contribution in [1.82, 2.24) is 10.3 Å². The number of aromatic nitrogens is 1. The Balaban J connectivity index is 1.54. The first-order valence-electron chi connectivity index (χ1n) is 10.2. The van der Waals surface area contributed by atoms with Crippen molar-refractivity contribution in [2.45, 2.75) is 38.4 Å². The minimum atomic E-state index is -0.558. The number of nitrogens with zero attached hydrogens (tertiary/aromatic N) is 1. The zero-order valence-electron chi connectivity index (χ0n) is 17.4. The van der Waals surface area contributed by atoms with Crippen molar-refractivity contribution < 1.29 is 14.6 Å². The van der Waals surface area contributed by atoms with E-state index in [1.165, 1.54) is 0 Å². The van der Waals surface area contributed by atoms with Crippen LogP contribution in [0.15, 0.2) is 73.1 Å². The van der Waals surface area contributed by atoms with Crippen LogP contribution >= 0.6 is 0 Å². The molecular weight excluding hydrogens is 376 g/mol. The highest BCUT2D eigenvalue weighted by Crippen LogP contribution is 2.24. The van der Waals surface area contributed by atoms with E-state index in [0.717, 1.165) is 34.4 Å². The van der Waals surface area contributed by atoms with Crippen LogP contribution in [0, 0.1) is 0 Å². The van der Waals surface area contributed by atoms with Gasteiger partial charge in [-0.05, 0) is 60.2 Å². The lowest BCUT2D eigenvalue weighted by Crippen LogP contribution is -2.29.